The van der Waals surface area contributed by atoms with Crippen LogP contribution in [0.5, 0.6) is 11.5 Å². The van der Waals surface area contributed by atoms with Crippen LogP contribution in [0.25, 0.3) is 0 Å². The van der Waals surface area contributed by atoms with E-state index in [1.54, 1.807) is 13.2 Å². The molecular weight excluding hydrogens is 190 g/mol. The van der Waals surface area contributed by atoms with Crippen LogP contribution in [0.3, 0.4) is 0 Å². The molecule has 3 nitrogen and oxygen atoms in total. The number of benzene rings is 1. The van der Waals surface area contributed by atoms with Gasteiger partial charge < -0.3 is 15.6 Å². The number of aromatic hydroxyl groups is 1. The first-order valence-electron chi connectivity index (χ1n) is 5.30. The fraction of sp³-hybridized carbons (Fsp3) is 0.500. The molecule has 0 amide bonds. The molecule has 3 N–H and O–H groups in total. The Morgan fingerprint density at radius 3 is 2.60 bits per heavy atom. The van der Waals surface area contributed by atoms with Crippen molar-refractivity contribution in [2.75, 3.05) is 7.11 Å². The van der Waals surface area contributed by atoms with Crippen molar-refractivity contribution in [1.82, 2.24) is 0 Å². The van der Waals surface area contributed by atoms with Crippen LogP contribution in [-0.2, 0) is 12.0 Å². The molecule has 82 valence electrons. The molecule has 1 saturated carbocycles. The van der Waals surface area contributed by atoms with E-state index in [4.69, 9.17) is 10.5 Å². The van der Waals surface area contributed by atoms with Crippen molar-refractivity contribution in [2.45, 2.75) is 31.7 Å². The Morgan fingerprint density at radius 1 is 1.47 bits per heavy atom. The van der Waals surface area contributed by atoms with Gasteiger partial charge in [0.2, 0.25) is 0 Å². The molecular formula is C12H17NO2. The fourth-order valence-corrected chi connectivity index (χ4v) is 1.88. The molecule has 1 aliphatic carbocycles. The summed E-state index contributed by atoms with van der Waals surface area (Å²) < 4.78 is 5.20. The number of phenols is 1. The van der Waals surface area contributed by atoms with E-state index in [0.29, 0.717) is 0 Å². The first kappa shape index (κ1) is 10.3. The average molecular weight is 207 g/mol. The van der Waals surface area contributed by atoms with E-state index in [-0.39, 0.29) is 11.3 Å². The van der Waals surface area contributed by atoms with E-state index in [0.717, 1.165) is 36.1 Å². The quantitative estimate of drug-likeness (QED) is 0.796. The molecule has 0 unspecified atom stereocenters. The number of nitrogens with two attached hydrogens (primary N) is 1. The first-order chi connectivity index (χ1) is 7.10. The van der Waals surface area contributed by atoms with Gasteiger partial charge in [0.05, 0.1) is 7.11 Å². The Labute approximate surface area is 89.9 Å². The number of methoxy groups -OCH3 is 1. The predicted octanol–water partition coefficient (Wildman–Crippen LogP) is 1.91. The van der Waals surface area contributed by atoms with Crippen LogP contribution in [0.1, 0.15) is 30.9 Å². The monoisotopic (exact) mass is 207 g/mol. The minimum absolute atomic E-state index is 0.254. The lowest BCUT2D eigenvalue weighted by Crippen LogP contribution is -2.19. The number of hydrogen-bond donors (Lipinski definition) is 2. The van der Waals surface area contributed by atoms with Crippen LogP contribution in [0, 0.1) is 0 Å². The van der Waals surface area contributed by atoms with Crippen molar-refractivity contribution in [3.05, 3.63) is 23.3 Å². The summed E-state index contributed by atoms with van der Waals surface area (Å²) in [5.74, 6) is 0.993. The lowest BCUT2D eigenvalue weighted by Gasteiger charge is -2.15. The molecule has 0 radical (unpaired) electrons. The molecule has 0 heterocycles. The highest BCUT2D eigenvalue weighted by molar-refractivity contribution is 5.50. The van der Waals surface area contributed by atoms with Crippen LogP contribution in [0.2, 0.25) is 0 Å². The molecule has 0 bridgehead atoms. The minimum atomic E-state index is -0.291. The number of aryl methyl sites for hydroxylation is 1. The van der Waals surface area contributed by atoms with Crippen molar-refractivity contribution < 1.29 is 9.84 Å². The van der Waals surface area contributed by atoms with Gasteiger partial charge >= 0.3 is 0 Å². The van der Waals surface area contributed by atoms with E-state index in [1.165, 1.54) is 0 Å². The third-order valence-corrected chi connectivity index (χ3v) is 3.10. The molecule has 1 aliphatic rings. The second-order valence-electron chi connectivity index (χ2n) is 4.19. The summed E-state index contributed by atoms with van der Waals surface area (Å²) in [4.78, 5) is 0. The van der Waals surface area contributed by atoms with Crippen molar-refractivity contribution >= 4 is 0 Å². The van der Waals surface area contributed by atoms with E-state index in [2.05, 4.69) is 6.92 Å². The molecule has 15 heavy (non-hydrogen) atoms. The maximum Gasteiger partial charge on any atom is 0.125 e. The SMILES string of the molecule is CCc1cc(C2(N)CC2)c(O)cc1OC. The first-order valence-corrected chi connectivity index (χ1v) is 5.30. The van der Waals surface area contributed by atoms with Gasteiger partial charge in [0.15, 0.2) is 0 Å². The number of phenolic OH excluding ortho intramolecular Hbond substituents is 1. The Morgan fingerprint density at radius 2 is 2.13 bits per heavy atom. The summed E-state index contributed by atoms with van der Waals surface area (Å²) in [6, 6.07) is 3.64. The van der Waals surface area contributed by atoms with Gasteiger partial charge in [-0.2, -0.15) is 0 Å². The molecule has 1 aromatic carbocycles. The molecule has 2 rings (SSSR count). The lowest BCUT2D eigenvalue weighted by atomic mass is 9.99. The van der Waals surface area contributed by atoms with Crippen LogP contribution in [-0.4, -0.2) is 12.2 Å². The predicted molar refractivity (Wildman–Crippen MR) is 59.1 cm³/mol. The van der Waals surface area contributed by atoms with Crippen LogP contribution in [0.4, 0.5) is 0 Å². The third kappa shape index (κ3) is 1.67. The summed E-state index contributed by atoms with van der Waals surface area (Å²) in [6.45, 7) is 2.06. The molecule has 0 aromatic heterocycles. The summed E-state index contributed by atoms with van der Waals surface area (Å²) in [6.07, 6.45) is 2.79. The minimum Gasteiger partial charge on any atom is -0.507 e. The van der Waals surface area contributed by atoms with Gasteiger partial charge in [0.25, 0.3) is 0 Å². The highest BCUT2D eigenvalue weighted by atomic mass is 16.5. The van der Waals surface area contributed by atoms with Crippen molar-refractivity contribution in [2.24, 2.45) is 5.73 Å². The van der Waals surface area contributed by atoms with Crippen LogP contribution < -0.4 is 10.5 Å². The topological polar surface area (TPSA) is 55.5 Å². The Bertz CT molecular complexity index is 383. The van der Waals surface area contributed by atoms with E-state index < -0.39 is 0 Å². The van der Waals surface area contributed by atoms with E-state index in [9.17, 15) is 5.11 Å². The number of hydrogen-bond acceptors (Lipinski definition) is 3. The molecule has 0 saturated heterocycles. The van der Waals surface area contributed by atoms with Gasteiger partial charge in [-0.25, -0.2) is 0 Å². The second kappa shape index (κ2) is 3.42. The normalized spacial score (nSPS) is 17.5. The maximum absolute atomic E-state index is 9.86. The van der Waals surface area contributed by atoms with Crippen molar-refractivity contribution in [3.63, 3.8) is 0 Å². The summed E-state index contributed by atoms with van der Waals surface area (Å²) >= 11 is 0. The molecule has 3 heteroatoms. The zero-order valence-electron chi connectivity index (χ0n) is 9.21. The molecule has 0 atom stereocenters. The van der Waals surface area contributed by atoms with Gasteiger partial charge in [0.1, 0.15) is 11.5 Å². The van der Waals surface area contributed by atoms with Gasteiger partial charge in [-0.1, -0.05) is 6.92 Å². The van der Waals surface area contributed by atoms with Crippen LogP contribution >= 0.6 is 0 Å². The zero-order chi connectivity index (χ0) is 11.1. The average Bonchev–Trinajstić information content (AvgIpc) is 2.96. The molecule has 1 aromatic rings. The Balaban J connectivity index is 2.48. The second-order valence-corrected chi connectivity index (χ2v) is 4.19. The summed E-state index contributed by atoms with van der Waals surface area (Å²) in [5, 5.41) is 9.86. The smallest absolute Gasteiger partial charge is 0.125 e. The summed E-state index contributed by atoms with van der Waals surface area (Å²) in [7, 11) is 1.61. The van der Waals surface area contributed by atoms with E-state index in [1.807, 2.05) is 6.07 Å². The van der Waals surface area contributed by atoms with Crippen molar-refractivity contribution in [3.8, 4) is 11.5 Å². The Hall–Kier alpha value is -1.22. The third-order valence-electron chi connectivity index (χ3n) is 3.10. The lowest BCUT2D eigenvalue weighted by molar-refractivity contribution is 0.400. The standard InChI is InChI=1S/C12H17NO2/c1-3-8-6-9(12(13)4-5-12)10(14)7-11(8)15-2/h6-7,14H,3-5,13H2,1-2H3. The zero-order valence-corrected chi connectivity index (χ0v) is 9.21. The van der Waals surface area contributed by atoms with Gasteiger partial charge in [-0.05, 0) is 30.9 Å². The van der Waals surface area contributed by atoms with Crippen molar-refractivity contribution in [1.29, 1.82) is 0 Å². The highest BCUT2D eigenvalue weighted by Crippen LogP contribution is 2.47. The molecule has 0 spiro atoms. The maximum atomic E-state index is 9.86. The summed E-state index contributed by atoms with van der Waals surface area (Å²) in [5.41, 5.74) is 7.75. The van der Waals surface area contributed by atoms with Gasteiger partial charge in [-0.15, -0.1) is 0 Å². The van der Waals surface area contributed by atoms with Crippen LogP contribution in [0.15, 0.2) is 12.1 Å². The highest BCUT2D eigenvalue weighted by Gasteiger charge is 2.42. The van der Waals surface area contributed by atoms with Gasteiger partial charge in [-0.3, -0.25) is 0 Å². The number of ether oxygens (including phenoxy) is 1. The number of rotatable bonds is 3. The molecule has 1 fully saturated rings. The van der Waals surface area contributed by atoms with E-state index >= 15 is 0 Å². The Kier molecular flexibility index (Phi) is 2.35. The van der Waals surface area contributed by atoms with Gasteiger partial charge in [0, 0.05) is 17.2 Å². The largest absolute Gasteiger partial charge is 0.507 e. The molecule has 0 aliphatic heterocycles. The fourth-order valence-electron chi connectivity index (χ4n) is 1.88.